The van der Waals surface area contributed by atoms with Gasteiger partial charge in [0.2, 0.25) is 11.4 Å². The van der Waals surface area contributed by atoms with Crippen LogP contribution in [0.4, 0.5) is 5.69 Å². The second-order valence-corrected chi connectivity index (χ2v) is 8.22. The maximum Gasteiger partial charge on any atom is 0.217 e. The first-order valence-corrected chi connectivity index (χ1v) is 10.4. The van der Waals surface area contributed by atoms with Gasteiger partial charge in [0.25, 0.3) is 0 Å². The zero-order valence-electron chi connectivity index (χ0n) is 15.7. The van der Waals surface area contributed by atoms with E-state index in [4.69, 9.17) is 16.3 Å². The maximum atomic E-state index is 6.22. The Bertz CT molecular complexity index is 915. The van der Waals surface area contributed by atoms with E-state index < -0.39 is 0 Å². The summed E-state index contributed by atoms with van der Waals surface area (Å²) in [5, 5.41) is 15.7. The molecule has 0 saturated carbocycles. The Morgan fingerprint density at radius 3 is 2.64 bits per heavy atom. The number of aromatic nitrogens is 4. The summed E-state index contributed by atoms with van der Waals surface area (Å²) < 4.78 is 7.94. The van der Waals surface area contributed by atoms with Gasteiger partial charge in [0, 0.05) is 36.1 Å². The summed E-state index contributed by atoms with van der Waals surface area (Å²) in [5.74, 6) is 0.788. The molecule has 9 heteroatoms. The smallest absolute Gasteiger partial charge is 0.217 e. The van der Waals surface area contributed by atoms with Gasteiger partial charge in [-0.25, -0.2) is 0 Å². The minimum absolute atomic E-state index is 0.0362. The number of tetrazole rings is 1. The van der Waals surface area contributed by atoms with Crippen LogP contribution in [0.1, 0.15) is 11.8 Å². The number of nitrogens with zero attached hydrogens (tertiary/aromatic N) is 5. The highest BCUT2D eigenvalue weighted by Crippen LogP contribution is 2.24. The largest absolute Gasteiger partial charge is 0.378 e. The summed E-state index contributed by atoms with van der Waals surface area (Å²) in [7, 11) is 4.08. The van der Waals surface area contributed by atoms with E-state index >= 15 is 0 Å². The van der Waals surface area contributed by atoms with Gasteiger partial charge < -0.3 is 15.0 Å². The summed E-state index contributed by atoms with van der Waals surface area (Å²) in [5.41, 5.74) is 3.25. The highest BCUT2D eigenvalue weighted by atomic mass is 35.5. The van der Waals surface area contributed by atoms with Crippen molar-refractivity contribution in [3.05, 3.63) is 59.1 Å². The zero-order chi connectivity index (χ0) is 19.5. The van der Waals surface area contributed by atoms with Gasteiger partial charge in [0.05, 0.1) is 5.69 Å². The van der Waals surface area contributed by atoms with Crippen LogP contribution >= 0.6 is 23.4 Å². The van der Waals surface area contributed by atoms with E-state index in [-0.39, 0.29) is 12.3 Å². The molecule has 0 amide bonds. The molecule has 0 spiro atoms. The van der Waals surface area contributed by atoms with Gasteiger partial charge in [0.1, 0.15) is 12.6 Å². The van der Waals surface area contributed by atoms with Gasteiger partial charge in [0.15, 0.2) is 0 Å². The number of quaternary nitrogens is 1. The average molecular weight is 418 g/mol. The molecule has 1 aromatic heterocycles. The molecule has 2 N–H and O–H groups in total. The van der Waals surface area contributed by atoms with Crippen LogP contribution in [0.25, 0.3) is 5.69 Å². The normalized spacial score (nSPS) is 19.1. The van der Waals surface area contributed by atoms with Gasteiger partial charge >= 0.3 is 0 Å². The Labute approximate surface area is 173 Å². The number of halogens is 1. The molecule has 2 heterocycles. The molecule has 146 valence electrons. The van der Waals surface area contributed by atoms with Crippen molar-refractivity contribution in [3.63, 3.8) is 0 Å². The minimum Gasteiger partial charge on any atom is -0.378 e. The van der Waals surface area contributed by atoms with E-state index in [2.05, 4.69) is 50.0 Å². The lowest BCUT2D eigenvalue weighted by atomic mass is 10.2. The summed E-state index contributed by atoms with van der Waals surface area (Å²) in [6.45, 7) is 0.912. The van der Waals surface area contributed by atoms with Crippen molar-refractivity contribution in [3.8, 4) is 5.69 Å². The maximum absolute atomic E-state index is 6.22. The predicted molar refractivity (Wildman–Crippen MR) is 110 cm³/mol. The molecule has 1 saturated heterocycles. The Kier molecular flexibility index (Phi) is 5.82. The van der Waals surface area contributed by atoms with Gasteiger partial charge in [-0.2, -0.15) is 4.68 Å². The third-order valence-electron chi connectivity index (χ3n) is 4.60. The molecule has 2 aromatic carbocycles. The summed E-state index contributed by atoms with van der Waals surface area (Å²) >= 11 is 7.56. The second-order valence-electron chi connectivity index (χ2n) is 6.80. The van der Waals surface area contributed by atoms with E-state index in [1.54, 1.807) is 16.4 Å². The molecular formula is C19H22ClN6OS+. The van der Waals surface area contributed by atoms with Crippen molar-refractivity contribution in [2.24, 2.45) is 0 Å². The highest BCUT2D eigenvalue weighted by Gasteiger charge is 2.30. The molecule has 3 aromatic rings. The fraction of sp³-hybridized carbons (Fsp3) is 0.316. The van der Waals surface area contributed by atoms with Crippen molar-refractivity contribution in [2.75, 3.05) is 31.3 Å². The Morgan fingerprint density at radius 1 is 1.18 bits per heavy atom. The van der Waals surface area contributed by atoms with Crippen molar-refractivity contribution >= 4 is 29.1 Å². The van der Waals surface area contributed by atoms with Crippen LogP contribution in [-0.2, 0) is 4.74 Å². The molecule has 2 atom stereocenters. The van der Waals surface area contributed by atoms with Crippen LogP contribution in [0.5, 0.6) is 0 Å². The number of ether oxygens (including phenoxy) is 1. The number of nitrogens with two attached hydrogens (primary N) is 1. The number of anilines is 1. The predicted octanol–water partition coefficient (Wildman–Crippen LogP) is 2.13. The molecular weight excluding hydrogens is 396 g/mol. The van der Waals surface area contributed by atoms with E-state index in [1.165, 1.54) is 11.3 Å². The summed E-state index contributed by atoms with van der Waals surface area (Å²) in [6.07, 6.45) is 0.174. The first-order valence-electron chi connectivity index (χ1n) is 9.03. The van der Waals surface area contributed by atoms with Gasteiger partial charge in [-0.3, -0.25) is 0 Å². The van der Waals surface area contributed by atoms with Crippen LogP contribution in [0, 0.1) is 0 Å². The average Bonchev–Trinajstić information content (AvgIpc) is 3.36. The molecule has 1 aliphatic heterocycles. The monoisotopic (exact) mass is 417 g/mol. The fourth-order valence-corrected chi connectivity index (χ4v) is 4.09. The highest BCUT2D eigenvalue weighted by molar-refractivity contribution is 7.99. The minimum atomic E-state index is 0.0362. The molecule has 0 radical (unpaired) electrons. The number of hydrogen-bond acceptors (Lipinski definition) is 6. The number of rotatable bonds is 6. The summed E-state index contributed by atoms with van der Waals surface area (Å²) in [4.78, 5) is 2.09. The van der Waals surface area contributed by atoms with Crippen LogP contribution in [0.15, 0.2) is 53.7 Å². The number of benzene rings is 2. The van der Waals surface area contributed by atoms with Crippen LogP contribution in [0.3, 0.4) is 0 Å². The first-order chi connectivity index (χ1) is 13.6. The SMILES string of the molecule is CN(C)c1ccc([C@@H]2[NH2+]C[C@@H](CSc3nnnn3-c3ccc(Cl)cc3)O2)cc1. The Hall–Kier alpha value is -2.13. The van der Waals surface area contributed by atoms with E-state index in [9.17, 15) is 0 Å². The van der Waals surface area contributed by atoms with E-state index in [1.807, 2.05) is 38.4 Å². The lowest BCUT2D eigenvalue weighted by Crippen LogP contribution is -2.82. The molecule has 7 nitrogen and oxygen atoms in total. The van der Waals surface area contributed by atoms with Crippen molar-refractivity contribution in [1.82, 2.24) is 20.2 Å². The Balaban J connectivity index is 1.35. The van der Waals surface area contributed by atoms with Crippen LogP contribution < -0.4 is 10.2 Å². The van der Waals surface area contributed by atoms with Gasteiger partial charge in [-0.05, 0) is 59.0 Å². The summed E-state index contributed by atoms with van der Waals surface area (Å²) in [6, 6.07) is 16.0. The van der Waals surface area contributed by atoms with Crippen molar-refractivity contribution in [2.45, 2.75) is 17.5 Å². The number of thioether (sulfide) groups is 1. The van der Waals surface area contributed by atoms with E-state index in [0.717, 1.165) is 23.1 Å². The van der Waals surface area contributed by atoms with Crippen molar-refractivity contribution in [1.29, 1.82) is 0 Å². The zero-order valence-corrected chi connectivity index (χ0v) is 17.3. The Morgan fingerprint density at radius 2 is 1.93 bits per heavy atom. The molecule has 1 fully saturated rings. The topological polar surface area (TPSA) is 72.7 Å². The lowest BCUT2D eigenvalue weighted by molar-refractivity contribution is -0.697. The second kappa shape index (κ2) is 8.48. The molecule has 0 aliphatic carbocycles. The first kappa shape index (κ1) is 19.2. The number of hydrogen-bond donors (Lipinski definition) is 1. The molecule has 1 aliphatic rings. The van der Waals surface area contributed by atoms with E-state index in [0.29, 0.717) is 5.02 Å². The van der Waals surface area contributed by atoms with Gasteiger partial charge in [-0.1, -0.05) is 23.4 Å². The third kappa shape index (κ3) is 4.30. The molecule has 28 heavy (non-hydrogen) atoms. The molecule has 4 rings (SSSR count). The fourth-order valence-electron chi connectivity index (χ4n) is 3.06. The quantitative estimate of drug-likeness (QED) is 0.619. The lowest BCUT2D eigenvalue weighted by Gasteiger charge is -2.14. The van der Waals surface area contributed by atoms with Crippen LogP contribution in [-0.4, -0.2) is 52.7 Å². The third-order valence-corrected chi connectivity index (χ3v) is 5.90. The molecule has 0 unspecified atom stereocenters. The molecule has 0 bridgehead atoms. The van der Waals surface area contributed by atoms with Crippen molar-refractivity contribution < 1.29 is 10.1 Å². The standard InChI is InChI=1S/C19H21ClN6OS/c1-25(2)15-7-3-13(4-8-15)18-21-11-17(27-18)12-28-19-22-23-24-26(19)16-9-5-14(20)6-10-16/h3-10,17-18,21H,11-12H2,1-2H3/p+1/t17-,18+/m0/s1. The van der Waals surface area contributed by atoms with Crippen LogP contribution in [0.2, 0.25) is 5.02 Å². The van der Waals surface area contributed by atoms with Gasteiger partial charge in [-0.15, -0.1) is 5.10 Å².